The van der Waals surface area contributed by atoms with Crippen LogP contribution >= 0.6 is 23.4 Å². The second-order valence-corrected chi connectivity index (χ2v) is 6.15. The summed E-state index contributed by atoms with van der Waals surface area (Å²) in [6, 6.07) is 7.48. The number of aromatic nitrogens is 4. The van der Waals surface area contributed by atoms with E-state index in [-0.39, 0.29) is 13.0 Å². The summed E-state index contributed by atoms with van der Waals surface area (Å²) in [7, 11) is 0. The highest BCUT2D eigenvalue weighted by Crippen LogP contribution is 2.31. The number of fused-ring (bicyclic) bond motifs is 1. The summed E-state index contributed by atoms with van der Waals surface area (Å²) in [6.45, 7) is 0.284. The first-order chi connectivity index (χ1) is 11.1. The number of hydrogen-bond donors (Lipinski definition) is 1. The van der Waals surface area contributed by atoms with Gasteiger partial charge in [0.25, 0.3) is 0 Å². The molecule has 118 valence electrons. The molecule has 0 fully saturated rings. The van der Waals surface area contributed by atoms with Crippen LogP contribution in [0.25, 0.3) is 22.2 Å². The lowest BCUT2D eigenvalue weighted by Gasteiger charge is -2.06. The van der Waals surface area contributed by atoms with E-state index in [0.29, 0.717) is 10.7 Å². The van der Waals surface area contributed by atoms with Gasteiger partial charge in [0.1, 0.15) is 5.69 Å². The van der Waals surface area contributed by atoms with Crippen LogP contribution < -0.4 is 0 Å². The predicted octanol–water partition coefficient (Wildman–Crippen LogP) is 3.34. The Hall–Kier alpha value is -2.12. The van der Waals surface area contributed by atoms with E-state index >= 15 is 0 Å². The number of halogens is 1. The fourth-order valence-corrected chi connectivity index (χ4v) is 2.83. The lowest BCUT2D eigenvalue weighted by Crippen LogP contribution is -2.04. The minimum atomic E-state index is -0.865. The number of thioether (sulfide) groups is 1. The molecule has 0 radical (unpaired) electrons. The number of carboxylic acids is 1. The van der Waals surface area contributed by atoms with Gasteiger partial charge in [-0.1, -0.05) is 22.9 Å². The molecule has 0 spiro atoms. The molecule has 0 saturated heterocycles. The highest BCUT2D eigenvalue weighted by Gasteiger charge is 2.12. The summed E-state index contributed by atoms with van der Waals surface area (Å²) >= 11 is 7.59. The fraction of sp³-hybridized carbons (Fsp3) is 0.200. The van der Waals surface area contributed by atoms with Crippen LogP contribution in [0.1, 0.15) is 6.42 Å². The molecule has 3 rings (SSSR count). The number of carboxylic acid groups (broad SMARTS) is 1. The van der Waals surface area contributed by atoms with Gasteiger partial charge in [-0.15, -0.1) is 16.9 Å². The van der Waals surface area contributed by atoms with E-state index in [1.807, 2.05) is 30.5 Å². The topological polar surface area (TPSA) is 80.9 Å². The van der Waals surface area contributed by atoms with E-state index in [2.05, 4.69) is 15.3 Å². The van der Waals surface area contributed by atoms with E-state index in [1.54, 1.807) is 6.20 Å². The summed E-state index contributed by atoms with van der Waals surface area (Å²) in [5, 5.41) is 19.3. The third-order valence-electron chi connectivity index (χ3n) is 3.33. The van der Waals surface area contributed by atoms with Gasteiger partial charge in [0.15, 0.2) is 0 Å². The van der Waals surface area contributed by atoms with Crippen LogP contribution in [0.5, 0.6) is 0 Å². The molecule has 8 heteroatoms. The van der Waals surface area contributed by atoms with Gasteiger partial charge in [-0.3, -0.25) is 9.48 Å². The van der Waals surface area contributed by atoms with Crippen molar-refractivity contribution in [3.8, 4) is 11.3 Å². The molecular weight excluding hydrogens is 336 g/mol. The quantitative estimate of drug-likeness (QED) is 0.712. The van der Waals surface area contributed by atoms with Crippen LogP contribution in [0, 0.1) is 0 Å². The SMILES string of the molecule is CSc1cc(-c2cn(CCC(=O)O)nn2)c2ccc(Cl)cc2n1. The molecule has 0 atom stereocenters. The Bertz CT molecular complexity index is 881. The zero-order valence-corrected chi connectivity index (χ0v) is 13.8. The smallest absolute Gasteiger partial charge is 0.305 e. The largest absolute Gasteiger partial charge is 0.481 e. The van der Waals surface area contributed by atoms with Crippen molar-refractivity contribution in [3.63, 3.8) is 0 Å². The first kappa shape index (κ1) is 15.8. The minimum absolute atomic E-state index is 0.00552. The number of nitrogens with zero attached hydrogens (tertiary/aromatic N) is 4. The maximum atomic E-state index is 10.7. The Kier molecular flexibility index (Phi) is 4.49. The number of aliphatic carboxylic acids is 1. The highest BCUT2D eigenvalue weighted by molar-refractivity contribution is 7.98. The molecule has 0 unspecified atom stereocenters. The lowest BCUT2D eigenvalue weighted by atomic mass is 10.1. The summed E-state index contributed by atoms with van der Waals surface area (Å²) in [6.07, 6.45) is 3.70. The van der Waals surface area contributed by atoms with Crippen LogP contribution in [0.4, 0.5) is 0 Å². The first-order valence-corrected chi connectivity index (χ1v) is 8.43. The molecular formula is C15H13ClN4O2S. The van der Waals surface area contributed by atoms with Gasteiger partial charge < -0.3 is 5.11 Å². The molecule has 0 aliphatic rings. The molecule has 1 aromatic carbocycles. The van der Waals surface area contributed by atoms with Crippen LogP contribution in [0.15, 0.2) is 35.5 Å². The molecule has 0 bridgehead atoms. The maximum absolute atomic E-state index is 10.7. The van der Waals surface area contributed by atoms with Gasteiger partial charge in [-0.25, -0.2) is 4.98 Å². The summed E-state index contributed by atoms with van der Waals surface area (Å²) < 4.78 is 1.53. The third-order valence-corrected chi connectivity index (χ3v) is 4.19. The second kappa shape index (κ2) is 6.55. The maximum Gasteiger partial charge on any atom is 0.305 e. The van der Waals surface area contributed by atoms with Gasteiger partial charge in [0, 0.05) is 16.0 Å². The standard InChI is InChI=1S/C15H13ClN4O2S/c1-23-14-7-11(10-3-2-9(16)6-12(10)17-14)13-8-20(19-18-13)5-4-15(21)22/h2-3,6-8H,4-5H2,1H3,(H,21,22). The number of hydrogen-bond acceptors (Lipinski definition) is 5. The molecule has 6 nitrogen and oxygen atoms in total. The Morgan fingerprint density at radius 3 is 2.96 bits per heavy atom. The number of benzene rings is 1. The molecule has 2 aromatic heterocycles. The van der Waals surface area contributed by atoms with Crippen LogP contribution in [0.2, 0.25) is 5.02 Å². The van der Waals surface area contributed by atoms with Gasteiger partial charge in [-0.2, -0.15) is 0 Å². The number of rotatable bonds is 5. The third kappa shape index (κ3) is 3.46. The van der Waals surface area contributed by atoms with Crippen molar-refractivity contribution in [2.24, 2.45) is 0 Å². The Morgan fingerprint density at radius 2 is 2.22 bits per heavy atom. The average molecular weight is 349 g/mol. The molecule has 1 N–H and O–H groups in total. The predicted molar refractivity (Wildman–Crippen MR) is 89.8 cm³/mol. The molecule has 3 aromatic rings. The minimum Gasteiger partial charge on any atom is -0.481 e. The summed E-state index contributed by atoms with van der Waals surface area (Å²) in [4.78, 5) is 15.2. The van der Waals surface area contributed by atoms with Crippen LogP contribution in [-0.2, 0) is 11.3 Å². The Labute approximate surface area is 141 Å². The van der Waals surface area contributed by atoms with Gasteiger partial charge in [-0.05, 0) is 24.5 Å². The first-order valence-electron chi connectivity index (χ1n) is 6.83. The molecule has 2 heterocycles. The molecule has 0 aliphatic carbocycles. The zero-order chi connectivity index (χ0) is 16.4. The van der Waals surface area contributed by atoms with Crippen molar-refractivity contribution in [1.82, 2.24) is 20.0 Å². The van der Waals surface area contributed by atoms with Crippen molar-refractivity contribution in [3.05, 3.63) is 35.5 Å². The monoisotopic (exact) mass is 348 g/mol. The molecule has 0 aliphatic heterocycles. The molecule has 23 heavy (non-hydrogen) atoms. The zero-order valence-electron chi connectivity index (χ0n) is 12.2. The van der Waals surface area contributed by atoms with Crippen LogP contribution in [-0.4, -0.2) is 37.3 Å². The van der Waals surface area contributed by atoms with E-state index in [1.165, 1.54) is 16.4 Å². The van der Waals surface area contributed by atoms with Gasteiger partial charge in [0.2, 0.25) is 0 Å². The highest BCUT2D eigenvalue weighted by atomic mass is 35.5. The van der Waals surface area contributed by atoms with Crippen LogP contribution in [0.3, 0.4) is 0 Å². The number of carbonyl (C=O) groups is 1. The average Bonchev–Trinajstić information content (AvgIpc) is 3.00. The van der Waals surface area contributed by atoms with Gasteiger partial charge >= 0.3 is 5.97 Å². The van der Waals surface area contributed by atoms with Crippen molar-refractivity contribution in [2.45, 2.75) is 18.0 Å². The van der Waals surface area contributed by atoms with E-state index < -0.39 is 5.97 Å². The lowest BCUT2D eigenvalue weighted by molar-refractivity contribution is -0.137. The van der Waals surface area contributed by atoms with Gasteiger partial charge in [0.05, 0.1) is 29.7 Å². The summed E-state index contributed by atoms with van der Waals surface area (Å²) in [5.74, 6) is -0.865. The molecule has 0 amide bonds. The van der Waals surface area contributed by atoms with E-state index in [9.17, 15) is 4.79 Å². The van der Waals surface area contributed by atoms with Crippen molar-refractivity contribution >= 4 is 40.2 Å². The van der Waals surface area contributed by atoms with Crippen molar-refractivity contribution < 1.29 is 9.90 Å². The number of pyridine rings is 1. The van der Waals surface area contributed by atoms with Crippen molar-refractivity contribution in [1.29, 1.82) is 0 Å². The molecule has 0 saturated carbocycles. The Morgan fingerprint density at radius 1 is 1.39 bits per heavy atom. The Balaban J connectivity index is 2.06. The normalized spacial score (nSPS) is 11.0. The van der Waals surface area contributed by atoms with E-state index in [4.69, 9.17) is 16.7 Å². The van der Waals surface area contributed by atoms with E-state index in [0.717, 1.165) is 21.5 Å². The van der Waals surface area contributed by atoms with Crippen molar-refractivity contribution in [2.75, 3.05) is 6.26 Å². The second-order valence-electron chi connectivity index (χ2n) is 4.88. The number of aryl methyl sites for hydroxylation is 1. The summed E-state index contributed by atoms with van der Waals surface area (Å²) in [5.41, 5.74) is 2.37. The fourth-order valence-electron chi connectivity index (χ4n) is 2.24.